The van der Waals surface area contributed by atoms with Crippen molar-refractivity contribution in [3.05, 3.63) is 29.8 Å². The van der Waals surface area contributed by atoms with Gasteiger partial charge in [0.25, 0.3) is 0 Å². The molecule has 1 saturated heterocycles. The molecule has 2 N–H and O–H groups in total. The Morgan fingerprint density at radius 3 is 2.67 bits per heavy atom. The number of hydrogen-bond donors (Lipinski definition) is 1. The standard InChI is InChI=1S/C15H22N2O/c1-11-4-3-9-17(12(11)2)15(18)10-13-5-7-14(16)8-6-13/h5-8,11-12H,3-4,9-10,16H2,1-2H3/t11-,12-/m0/s1. The third kappa shape index (κ3) is 2.84. The number of carbonyl (C=O) groups is 1. The third-order valence-electron chi connectivity index (χ3n) is 4.03. The van der Waals surface area contributed by atoms with Crippen LogP contribution in [-0.4, -0.2) is 23.4 Å². The number of nitrogens with zero attached hydrogens (tertiary/aromatic N) is 1. The summed E-state index contributed by atoms with van der Waals surface area (Å²) >= 11 is 0. The maximum absolute atomic E-state index is 12.3. The zero-order valence-corrected chi connectivity index (χ0v) is 11.2. The second kappa shape index (κ2) is 5.42. The number of amides is 1. The molecule has 1 amide bonds. The van der Waals surface area contributed by atoms with E-state index < -0.39 is 0 Å². The minimum atomic E-state index is 0.235. The quantitative estimate of drug-likeness (QED) is 0.815. The molecule has 2 atom stereocenters. The summed E-state index contributed by atoms with van der Waals surface area (Å²) in [7, 11) is 0. The van der Waals surface area contributed by atoms with Crippen molar-refractivity contribution in [2.75, 3.05) is 12.3 Å². The molecule has 0 spiro atoms. The van der Waals surface area contributed by atoms with E-state index in [2.05, 4.69) is 13.8 Å². The molecule has 1 aliphatic rings. The van der Waals surface area contributed by atoms with E-state index in [1.54, 1.807) is 0 Å². The van der Waals surface area contributed by atoms with Gasteiger partial charge in [-0.15, -0.1) is 0 Å². The smallest absolute Gasteiger partial charge is 0.227 e. The van der Waals surface area contributed by atoms with Crippen molar-refractivity contribution in [3.63, 3.8) is 0 Å². The summed E-state index contributed by atoms with van der Waals surface area (Å²) in [5, 5.41) is 0. The van der Waals surface area contributed by atoms with Gasteiger partial charge in [-0.25, -0.2) is 0 Å². The van der Waals surface area contributed by atoms with Gasteiger partial charge in [-0.05, 0) is 43.4 Å². The van der Waals surface area contributed by atoms with Crippen LogP contribution in [0.2, 0.25) is 0 Å². The van der Waals surface area contributed by atoms with Crippen LogP contribution < -0.4 is 5.73 Å². The fourth-order valence-electron chi connectivity index (χ4n) is 2.60. The highest BCUT2D eigenvalue weighted by Gasteiger charge is 2.27. The largest absolute Gasteiger partial charge is 0.399 e. The van der Waals surface area contributed by atoms with Crippen LogP contribution in [0.3, 0.4) is 0 Å². The first kappa shape index (κ1) is 12.9. The Morgan fingerprint density at radius 1 is 1.33 bits per heavy atom. The van der Waals surface area contributed by atoms with Crippen LogP contribution in [0, 0.1) is 5.92 Å². The van der Waals surface area contributed by atoms with Crippen molar-refractivity contribution in [2.24, 2.45) is 5.92 Å². The Kier molecular flexibility index (Phi) is 3.90. The SMILES string of the molecule is C[C@H]1CCCN(C(=O)Cc2ccc(N)cc2)[C@H]1C. The molecule has 1 fully saturated rings. The van der Waals surface area contributed by atoms with Gasteiger partial charge in [0.1, 0.15) is 0 Å². The predicted octanol–water partition coefficient (Wildman–Crippen LogP) is 2.46. The minimum Gasteiger partial charge on any atom is -0.399 e. The molecule has 1 aromatic rings. The molecule has 0 aliphatic carbocycles. The van der Waals surface area contributed by atoms with Crippen LogP contribution >= 0.6 is 0 Å². The summed E-state index contributed by atoms with van der Waals surface area (Å²) in [6.45, 7) is 5.29. The third-order valence-corrected chi connectivity index (χ3v) is 4.03. The van der Waals surface area contributed by atoms with Gasteiger partial charge in [-0.2, -0.15) is 0 Å². The molecule has 1 heterocycles. The van der Waals surface area contributed by atoms with Gasteiger partial charge in [0.05, 0.1) is 6.42 Å². The van der Waals surface area contributed by atoms with Crippen LogP contribution in [-0.2, 0) is 11.2 Å². The fraction of sp³-hybridized carbons (Fsp3) is 0.533. The van der Waals surface area contributed by atoms with Crippen LogP contribution in [0.5, 0.6) is 0 Å². The monoisotopic (exact) mass is 246 g/mol. The first-order valence-electron chi connectivity index (χ1n) is 6.72. The summed E-state index contributed by atoms with van der Waals surface area (Å²) in [4.78, 5) is 14.3. The summed E-state index contributed by atoms with van der Waals surface area (Å²) < 4.78 is 0. The molecule has 0 radical (unpaired) electrons. The fourth-order valence-corrected chi connectivity index (χ4v) is 2.60. The molecule has 0 aromatic heterocycles. The second-order valence-corrected chi connectivity index (χ2v) is 5.37. The lowest BCUT2D eigenvalue weighted by Crippen LogP contribution is -2.46. The van der Waals surface area contributed by atoms with Crippen LogP contribution in [0.4, 0.5) is 5.69 Å². The lowest BCUT2D eigenvalue weighted by atomic mass is 9.91. The lowest BCUT2D eigenvalue weighted by Gasteiger charge is -2.38. The van der Waals surface area contributed by atoms with Gasteiger partial charge >= 0.3 is 0 Å². The molecule has 0 unspecified atom stereocenters. The number of hydrogen-bond acceptors (Lipinski definition) is 2. The average molecular weight is 246 g/mol. The number of likely N-dealkylation sites (tertiary alicyclic amines) is 1. The van der Waals surface area contributed by atoms with Crippen molar-refractivity contribution >= 4 is 11.6 Å². The summed E-state index contributed by atoms with van der Waals surface area (Å²) in [5.41, 5.74) is 7.43. The van der Waals surface area contributed by atoms with Crippen molar-refractivity contribution in [1.82, 2.24) is 4.90 Å². The molecule has 1 aliphatic heterocycles. The molecule has 0 bridgehead atoms. The van der Waals surface area contributed by atoms with Gasteiger partial charge in [-0.1, -0.05) is 19.1 Å². The first-order valence-corrected chi connectivity index (χ1v) is 6.72. The van der Waals surface area contributed by atoms with Crippen LogP contribution in [0.15, 0.2) is 24.3 Å². The summed E-state index contributed by atoms with van der Waals surface area (Å²) in [5.74, 6) is 0.841. The van der Waals surface area contributed by atoms with E-state index in [0.29, 0.717) is 18.4 Å². The minimum absolute atomic E-state index is 0.235. The molecule has 2 rings (SSSR count). The normalized spacial score (nSPS) is 24.0. The van der Waals surface area contributed by atoms with E-state index in [4.69, 9.17) is 5.73 Å². The molecule has 0 saturated carbocycles. The molecular formula is C15H22N2O. The Morgan fingerprint density at radius 2 is 2.00 bits per heavy atom. The molecule has 18 heavy (non-hydrogen) atoms. The Hall–Kier alpha value is -1.51. The Bertz CT molecular complexity index is 413. The molecule has 1 aromatic carbocycles. The Labute approximate surface area is 109 Å². The number of carbonyl (C=O) groups excluding carboxylic acids is 1. The first-order chi connectivity index (χ1) is 8.58. The number of piperidine rings is 1. The predicted molar refractivity (Wildman–Crippen MR) is 74.1 cm³/mol. The van der Waals surface area contributed by atoms with Gasteiger partial charge in [0, 0.05) is 18.3 Å². The molecule has 3 heteroatoms. The van der Waals surface area contributed by atoms with Crippen LogP contribution in [0.25, 0.3) is 0 Å². The molecule has 98 valence electrons. The topological polar surface area (TPSA) is 46.3 Å². The van der Waals surface area contributed by atoms with Crippen molar-refractivity contribution in [3.8, 4) is 0 Å². The highest BCUT2D eigenvalue weighted by Crippen LogP contribution is 2.23. The summed E-state index contributed by atoms with van der Waals surface area (Å²) in [6.07, 6.45) is 2.84. The van der Waals surface area contributed by atoms with Gasteiger partial charge < -0.3 is 10.6 Å². The van der Waals surface area contributed by atoms with Crippen molar-refractivity contribution in [1.29, 1.82) is 0 Å². The molecule has 3 nitrogen and oxygen atoms in total. The van der Waals surface area contributed by atoms with Gasteiger partial charge in [-0.3, -0.25) is 4.79 Å². The highest BCUT2D eigenvalue weighted by atomic mass is 16.2. The van der Waals surface area contributed by atoms with E-state index in [1.807, 2.05) is 29.2 Å². The maximum atomic E-state index is 12.3. The lowest BCUT2D eigenvalue weighted by molar-refractivity contribution is -0.135. The van der Waals surface area contributed by atoms with Crippen molar-refractivity contribution in [2.45, 2.75) is 39.2 Å². The van der Waals surface area contributed by atoms with E-state index in [-0.39, 0.29) is 5.91 Å². The average Bonchev–Trinajstić information content (AvgIpc) is 2.35. The Balaban J connectivity index is 2.01. The number of benzene rings is 1. The number of nitrogens with two attached hydrogens (primary N) is 1. The summed E-state index contributed by atoms with van der Waals surface area (Å²) in [6, 6.07) is 7.94. The number of rotatable bonds is 2. The zero-order valence-electron chi connectivity index (χ0n) is 11.2. The van der Waals surface area contributed by atoms with Crippen molar-refractivity contribution < 1.29 is 4.79 Å². The van der Waals surface area contributed by atoms with Crippen LogP contribution in [0.1, 0.15) is 32.3 Å². The number of anilines is 1. The van der Waals surface area contributed by atoms with E-state index in [9.17, 15) is 4.79 Å². The van der Waals surface area contributed by atoms with E-state index in [0.717, 1.165) is 24.2 Å². The highest BCUT2D eigenvalue weighted by molar-refractivity contribution is 5.79. The zero-order chi connectivity index (χ0) is 13.1. The number of nitrogen functional groups attached to an aromatic ring is 1. The maximum Gasteiger partial charge on any atom is 0.227 e. The second-order valence-electron chi connectivity index (χ2n) is 5.37. The van der Waals surface area contributed by atoms with Gasteiger partial charge in [0.2, 0.25) is 5.91 Å². The molecular weight excluding hydrogens is 224 g/mol. The van der Waals surface area contributed by atoms with E-state index >= 15 is 0 Å². The van der Waals surface area contributed by atoms with E-state index in [1.165, 1.54) is 6.42 Å². The van der Waals surface area contributed by atoms with Gasteiger partial charge in [0.15, 0.2) is 0 Å².